The van der Waals surface area contributed by atoms with Crippen molar-refractivity contribution in [3.8, 4) is 16.9 Å². The van der Waals surface area contributed by atoms with Crippen molar-refractivity contribution in [1.29, 1.82) is 0 Å². The molecule has 1 aliphatic heterocycles. The summed E-state index contributed by atoms with van der Waals surface area (Å²) in [5, 5.41) is 4.79. The molecule has 2 N–H and O–H groups in total. The van der Waals surface area contributed by atoms with E-state index in [9.17, 15) is 4.79 Å². The Balaban J connectivity index is 1.83. The fourth-order valence-corrected chi connectivity index (χ4v) is 3.66. The molecule has 5 nitrogen and oxygen atoms in total. The Labute approximate surface area is 159 Å². The average Bonchev–Trinajstić information content (AvgIpc) is 3.29. The van der Waals surface area contributed by atoms with E-state index in [1.807, 2.05) is 41.4 Å². The zero-order valence-corrected chi connectivity index (χ0v) is 15.7. The first kappa shape index (κ1) is 17.5. The van der Waals surface area contributed by atoms with Crippen LogP contribution in [-0.4, -0.2) is 39.7 Å². The maximum absolute atomic E-state index is 13.2. The number of hydrogen-bond donors (Lipinski definition) is 1. The summed E-state index contributed by atoms with van der Waals surface area (Å²) in [6, 6.07) is 16.2. The largest absolute Gasteiger partial charge is 0.337 e. The van der Waals surface area contributed by atoms with Gasteiger partial charge in [-0.05, 0) is 38.0 Å². The Morgan fingerprint density at radius 2 is 1.93 bits per heavy atom. The Bertz CT molecular complexity index is 977. The number of rotatable bonds is 3. The van der Waals surface area contributed by atoms with Gasteiger partial charge in [-0.25, -0.2) is 4.68 Å². The first-order valence-electron chi connectivity index (χ1n) is 9.30. The van der Waals surface area contributed by atoms with Crippen molar-refractivity contribution >= 4 is 5.91 Å². The van der Waals surface area contributed by atoms with Crippen molar-refractivity contribution in [2.75, 3.05) is 13.1 Å². The highest BCUT2D eigenvalue weighted by Gasteiger charge is 2.28. The van der Waals surface area contributed by atoms with Crippen molar-refractivity contribution in [2.45, 2.75) is 26.3 Å². The fraction of sp³-hybridized carbons (Fsp3) is 0.273. The van der Waals surface area contributed by atoms with E-state index in [0.29, 0.717) is 18.7 Å². The van der Waals surface area contributed by atoms with Crippen molar-refractivity contribution < 1.29 is 4.79 Å². The van der Waals surface area contributed by atoms with Crippen molar-refractivity contribution in [3.63, 3.8) is 0 Å². The molecule has 2 aromatic carbocycles. The Kier molecular flexibility index (Phi) is 4.54. The van der Waals surface area contributed by atoms with E-state index in [0.717, 1.165) is 28.9 Å². The molecule has 138 valence electrons. The third-order valence-electron chi connectivity index (χ3n) is 5.11. The summed E-state index contributed by atoms with van der Waals surface area (Å²) in [5.41, 5.74) is 11.6. The smallest absolute Gasteiger partial charge is 0.257 e. The second kappa shape index (κ2) is 7.00. The number of likely N-dealkylation sites (tertiary alicyclic amines) is 1. The number of aromatic nitrogens is 2. The van der Waals surface area contributed by atoms with Crippen LogP contribution < -0.4 is 5.73 Å². The number of nitrogens with two attached hydrogens (primary N) is 1. The molecule has 0 unspecified atom stereocenters. The number of hydrogen-bond acceptors (Lipinski definition) is 3. The molecule has 0 bridgehead atoms. The molecule has 0 aliphatic carbocycles. The van der Waals surface area contributed by atoms with Crippen LogP contribution in [0.5, 0.6) is 0 Å². The molecule has 3 aromatic rings. The molecule has 1 atom stereocenters. The molecule has 1 fully saturated rings. The third-order valence-corrected chi connectivity index (χ3v) is 5.11. The summed E-state index contributed by atoms with van der Waals surface area (Å²) < 4.78 is 1.79. The molecule has 2 heterocycles. The quantitative estimate of drug-likeness (QED) is 0.779. The lowest BCUT2D eigenvalue weighted by Gasteiger charge is -2.16. The van der Waals surface area contributed by atoms with Crippen LogP contribution in [0, 0.1) is 13.8 Å². The first-order valence-corrected chi connectivity index (χ1v) is 9.30. The van der Waals surface area contributed by atoms with Gasteiger partial charge in [-0.2, -0.15) is 5.10 Å². The number of para-hydroxylation sites is 1. The molecule has 1 aliphatic rings. The maximum Gasteiger partial charge on any atom is 0.257 e. The van der Waals surface area contributed by atoms with E-state index >= 15 is 0 Å². The van der Waals surface area contributed by atoms with Gasteiger partial charge in [0.15, 0.2) is 0 Å². The normalized spacial score (nSPS) is 16.7. The Hall–Kier alpha value is -2.92. The highest BCUT2D eigenvalue weighted by molar-refractivity contribution is 6.00. The second-order valence-corrected chi connectivity index (χ2v) is 7.29. The summed E-state index contributed by atoms with van der Waals surface area (Å²) in [4.78, 5) is 15.1. The second-order valence-electron chi connectivity index (χ2n) is 7.29. The van der Waals surface area contributed by atoms with E-state index in [1.165, 1.54) is 5.56 Å². The van der Waals surface area contributed by atoms with E-state index in [1.54, 1.807) is 4.68 Å². The maximum atomic E-state index is 13.2. The molecular weight excluding hydrogens is 336 g/mol. The van der Waals surface area contributed by atoms with Crippen LogP contribution >= 0.6 is 0 Å². The van der Waals surface area contributed by atoms with E-state index in [4.69, 9.17) is 10.8 Å². The minimum Gasteiger partial charge on any atom is -0.337 e. The summed E-state index contributed by atoms with van der Waals surface area (Å²) in [5.74, 6) is 0.0000983. The standard InChI is InChI=1S/C22H24N4O/c1-15-8-9-19(16(2)12-15)21-20(22(27)25-11-10-17(23)13-25)14-26(24-21)18-6-4-3-5-7-18/h3-9,12,14,17H,10-11,13,23H2,1-2H3/t17-/m1/s1. The number of aryl methyl sites for hydroxylation is 2. The molecule has 5 heteroatoms. The van der Waals surface area contributed by atoms with Gasteiger partial charge in [-0.15, -0.1) is 0 Å². The summed E-state index contributed by atoms with van der Waals surface area (Å²) in [6.45, 7) is 5.42. The molecule has 0 radical (unpaired) electrons. The van der Waals surface area contributed by atoms with Gasteiger partial charge < -0.3 is 10.6 Å². The molecule has 1 aromatic heterocycles. The van der Waals surface area contributed by atoms with E-state index in [-0.39, 0.29) is 11.9 Å². The lowest BCUT2D eigenvalue weighted by atomic mass is 10.0. The van der Waals surface area contributed by atoms with Crippen molar-refractivity contribution in [3.05, 3.63) is 71.4 Å². The Morgan fingerprint density at radius 3 is 2.59 bits per heavy atom. The third kappa shape index (κ3) is 3.38. The van der Waals surface area contributed by atoms with Crippen molar-refractivity contribution in [2.24, 2.45) is 5.73 Å². The monoisotopic (exact) mass is 360 g/mol. The molecule has 1 amide bonds. The van der Waals surface area contributed by atoms with Crippen LogP contribution in [0.15, 0.2) is 54.7 Å². The molecule has 1 saturated heterocycles. The number of benzene rings is 2. The van der Waals surface area contributed by atoms with Crippen molar-refractivity contribution in [1.82, 2.24) is 14.7 Å². The van der Waals surface area contributed by atoms with Gasteiger partial charge >= 0.3 is 0 Å². The molecule has 0 saturated carbocycles. The predicted octanol–water partition coefficient (Wildman–Crippen LogP) is 3.33. The molecular formula is C22H24N4O. The van der Waals surface area contributed by atoms with Gasteiger partial charge in [0, 0.05) is 30.9 Å². The topological polar surface area (TPSA) is 64.2 Å². The van der Waals surface area contributed by atoms with Gasteiger partial charge in [-0.1, -0.05) is 42.0 Å². The minimum absolute atomic E-state index is 0.0000983. The molecule has 0 spiro atoms. The first-order chi connectivity index (χ1) is 13.0. The highest BCUT2D eigenvalue weighted by atomic mass is 16.2. The molecule has 4 rings (SSSR count). The fourth-order valence-electron chi connectivity index (χ4n) is 3.66. The van der Waals surface area contributed by atoms with Crippen LogP contribution in [-0.2, 0) is 0 Å². The van der Waals surface area contributed by atoms with Gasteiger partial charge in [-0.3, -0.25) is 4.79 Å². The number of carbonyl (C=O) groups excluding carboxylic acids is 1. The van der Waals surface area contributed by atoms with Gasteiger partial charge in [0.2, 0.25) is 0 Å². The zero-order valence-electron chi connectivity index (χ0n) is 15.7. The van der Waals surface area contributed by atoms with Crippen LogP contribution in [0.25, 0.3) is 16.9 Å². The lowest BCUT2D eigenvalue weighted by Crippen LogP contribution is -2.32. The van der Waals surface area contributed by atoms with E-state index in [2.05, 4.69) is 32.0 Å². The number of amides is 1. The van der Waals surface area contributed by atoms with E-state index < -0.39 is 0 Å². The average molecular weight is 360 g/mol. The minimum atomic E-state index is 0.0000983. The van der Waals surface area contributed by atoms with Crippen LogP contribution in [0.3, 0.4) is 0 Å². The summed E-state index contributed by atoms with van der Waals surface area (Å²) in [7, 11) is 0. The van der Waals surface area contributed by atoms with Gasteiger partial charge in [0.25, 0.3) is 5.91 Å². The predicted molar refractivity (Wildman–Crippen MR) is 107 cm³/mol. The Morgan fingerprint density at radius 1 is 1.15 bits per heavy atom. The lowest BCUT2D eigenvalue weighted by molar-refractivity contribution is 0.0791. The number of nitrogens with zero attached hydrogens (tertiary/aromatic N) is 3. The van der Waals surface area contributed by atoms with Crippen LogP contribution in [0.1, 0.15) is 27.9 Å². The summed E-state index contributed by atoms with van der Waals surface area (Å²) in [6.07, 6.45) is 2.69. The van der Waals surface area contributed by atoms with Gasteiger partial charge in [0.05, 0.1) is 11.3 Å². The van der Waals surface area contributed by atoms with Gasteiger partial charge in [0.1, 0.15) is 5.69 Å². The van der Waals surface area contributed by atoms with Crippen LogP contribution in [0.4, 0.5) is 0 Å². The van der Waals surface area contributed by atoms with Crippen LogP contribution in [0.2, 0.25) is 0 Å². The molecule has 27 heavy (non-hydrogen) atoms. The SMILES string of the molecule is Cc1ccc(-c2nn(-c3ccccc3)cc2C(=O)N2CC[C@@H](N)C2)c(C)c1. The number of carbonyl (C=O) groups is 1. The zero-order chi connectivity index (χ0) is 19.0. The summed E-state index contributed by atoms with van der Waals surface area (Å²) >= 11 is 0. The highest BCUT2D eigenvalue weighted by Crippen LogP contribution is 2.29.